The van der Waals surface area contributed by atoms with Gasteiger partial charge in [-0.05, 0) is 19.2 Å². The maximum atomic E-state index is 10.7. The molecule has 0 bridgehead atoms. The maximum absolute atomic E-state index is 10.7. The lowest BCUT2D eigenvalue weighted by molar-refractivity contribution is -0.131. The summed E-state index contributed by atoms with van der Waals surface area (Å²) in [5, 5.41) is 9.89. The van der Waals surface area contributed by atoms with Gasteiger partial charge in [0, 0.05) is 24.5 Å². The minimum atomic E-state index is -0.923. The van der Waals surface area contributed by atoms with Crippen LogP contribution in [0.5, 0.6) is 0 Å². The fourth-order valence-electron chi connectivity index (χ4n) is 2.08. The SMILES string of the molecule is CCN(CC)CCc1nc(C(C)(C)C)c(/C=C/C(=O)O)s1. The van der Waals surface area contributed by atoms with Crippen molar-refractivity contribution >= 4 is 23.4 Å². The molecular formula is C16H26N2O2S. The molecule has 1 aromatic heterocycles. The Hall–Kier alpha value is -1.20. The second-order valence-electron chi connectivity index (χ2n) is 6.02. The highest BCUT2D eigenvalue weighted by atomic mass is 32.1. The molecule has 0 radical (unpaired) electrons. The first-order valence-electron chi connectivity index (χ1n) is 7.41. The van der Waals surface area contributed by atoms with E-state index in [-0.39, 0.29) is 5.41 Å². The Kier molecular flexibility index (Phi) is 6.55. The van der Waals surface area contributed by atoms with Crippen LogP contribution in [0.3, 0.4) is 0 Å². The van der Waals surface area contributed by atoms with Crippen molar-refractivity contribution < 1.29 is 9.90 Å². The fraction of sp³-hybridized carbons (Fsp3) is 0.625. The van der Waals surface area contributed by atoms with Gasteiger partial charge in [0.15, 0.2) is 0 Å². The van der Waals surface area contributed by atoms with Gasteiger partial charge in [-0.15, -0.1) is 11.3 Å². The molecule has 0 spiro atoms. The third-order valence-electron chi connectivity index (χ3n) is 3.32. The molecule has 0 saturated carbocycles. The third-order valence-corrected chi connectivity index (χ3v) is 4.40. The van der Waals surface area contributed by atoms with Crippen molar-refractivity contribution in [3.63, 3.8) is 0 Å². The Morgan fingerprint density at radius 3 is 2.43 bits per heavy atom. The number of carboxylic acids is 1. The Bertz CT molecular complexity index is 497. The molecule has 0 fully saturated rings. The van der Waals surface area contributed by atoms with E-state index in [0.717, 1.165) is 41.6 Å². The number of aromatic nitrogens is 1. The van der Waals surface area contributed by atoms with E-state index in [1.807, 2.05) is 0 Å². The summed E-state index contributed by atoms with van der Waals surface area (Å²) in [6.45, 7) is 13.7. The second kappa shape index (κ2) is 7.71. The number of thiazole rings is 1. The normalized spacial score (nSPS) is 12.5. The van der Waals surface area contributed by atoms with Gasteiger partial charge in [-0.25, -0.2) is 9.78 Å². The monoisotopic (exact) mass is 310 g/mol. The van der Waals surface area contributed by atoms with Crippen LogP contribution in [0.15, 0.2) is 6.08 Å². The van der Waals surface area contributed by atoms with Crippen molar-refractivity contribution in [3.8, 4) is 0 Å². The average molecular weight is 310 g/mol. The zero-order valence-corrected chi connectivity index (χ0v) is 14.5. The molecule has 1 N–H and O–H groups in total. The van der Waals surface area contributed by atoms with E-state index in [9.17, 15) is 4.79 Å². The van der Waals surface area contributed by atoms with Gasteiger partial charge >= 0.3 is 5.97 Å². The van der Waals surface area contributed by atoms with Crippen LogP contribution >= 0.6 is 11.3 Å². The van der Waals surface area contributed by atoms with E-state index in [0.29, 0.717) is 0 Å². The largest absolute Gasteiger partial charge is 0.478 e. The van der Waals surface area contributed by atoms with Gasteiger partial charge < -0.3 is 10.0 Å². The minimum Gasteiger partial charge on any atom is -0.478 e. The van der Waals surface area contributed by atoms with Crippen LogP contribution < -0.4 is 0 Å². The molecule has 4 nitrogen and oxygen atoms in total. The molecule has 0 amide bonds. The number of hydrogen-bond acceptors (Lipinski definition) is 4. The van der Waals surface area contributed by atoms with Crippen LogP contribution in [-0.4, -0.2) is 40.6 Å². The molecule has 1 heterocycles. The first-order chi connectivity index (χ1) is 9.77. The van der Waals surface area contributed by atoms with Crippen molar-refractivity contribution in [1.82, 2.24) is 9.88 Å². The molecule has 0 aliphatic carbocycles. The molecule has 0 saturated heterocycles. The third kappa shape index (κ3) is 5.59. The number of likely N-dealkylation sites (N-methyl/N-ethyl adjacent to an activating group) is 1. The zero-order chi connectivity index (χ0) is 16.0. The van der Waals surface area contributed by atoms with Crippen molar-refractivity contribution in [2.24, 2.45) is 0 Å². The average Bonchev–Trinajstić information content (AvgIpc) is 2.81. The van der Waals surface area contributed by atoms with Crippen LogP contribution in [0, 0.1) is 0 Å². The highest BCUT2D eigenvalue weighted by Gasteiger charge is 2.22. The summed E-state index contributed by atoms with van der Waals surface area (Å²) in [5.74, 6) is -0.923. The summed E-state index contributed by atoms with van der Waals surface area (Å²) < 4.78 is 0. The van der Waals surface area contributed by atoms with Gasteiger partial charge in [-0.3, -0.25) is 0 Å². The molecule has 5 heteroatoms. The van der Waals surface area contributed by atoms with E-state index in [1.54, 1.807) is 17.4 Å². The van der Waals surface area contributed by atoms with Gasteiger partial charge in [-0.2, -0.15) is 0 Å². The molecule has 21 heavy (non-hydrogen) atoms. The second-order valence-corrected chi connectivity index (χ2v) is 7.13. The van der Waals surface area contributed by atoms with Gasteiger partial charge in [-0.1, -0.05) is 34.6 Å². The number of aliphatic carboxylic acids is 1. The Morgan fingerprint density at radius 1 is 1.33 bits per heavy atom. The van der Waals surface area contributed by atoms with Crippen LogP contribution in [0.4, 0.5) is 0 Å². The van der Waals surface area contributed by atoms with E-state index in [4.69, 9.17) is 10.1 Å². The molecule has 0 atom stereocenters. The molecule has 0 aliphatic heterocycles. The molecule has 118 valence electrons. The van der Waals surface area contributed by atoms with E-state index in [1.165, 1.54) is 6.08 Å². The van der Waals surface area contributed by atoms with Crippen LogP contribution in [0.1, 0.15) is 50.2 Å². The van der Waals surface area contributed by atoms with Gasteiger partial charge in [0.05, 0.1) is 15.6 Å². The minimum absolute atomic E-state index is 0.0812. The van der Waals surface area contributed by atoms with Crippen LogP contribution in [0.2, 0.25) is 0 Å². The number of carbonyl (C=O) groups is 1. The summed E-state index contributed by atoms with van der Waals surface area (Å²) in [4.78, 5) is 18.8. The lowest BCUT2D eigenvalue weighted by atomic mass is 9.91. The molecule has 1 rings (SSSR count). The smallest absolute Gasteiger partial charge is 0.328 e. The molecular weight excluding hydrogens is 284 g/mol. The maximum Gasteiger partial charge on any atom is 0.328 e. The van der Waals surface area contributed by atoms with Crippen molar-refractivity contribution in [1.29, 1.82) is 0 Å². The van der Waals surface area contributed by atoms with Crippen LogP contribution in [-0.2, 0) is 16.6 Å². The Labute approximate surface area is 131 Å². The Morgan fingerprint density at radius 2 is 1.95 bits per heavy atom. The van der Waals surface area contributed by atoms with Gasteiger partial charge in [0.1, 0.15) is 0 Å². The molecule has 1 aromatic rings. The molecule has 0 aliphatic rings. The fourth-order valence-corrected chi connectivity index (χ4v) is 3.24. The van der Waals surface area contributed by atoms with Gasteiger partial charge in [0.2, 0.25) is 0 Å². The number of hydrogen-bond donors (Lipinski definition) is 1. The lowest BCUT2D eigenvalue weighted by Gasteiger charge is -2.17. The highest BCUT2D eigenvalue weighted by Crippen LogP contribution is 2.31. The summed E-state index contributed by atoms with van der Waals surface area (Å²) >= 11 is 1.60. The predicted octanol–water partition coefficient (Wildman–Crippen LogP) is 3.42. The highest BCUT2D eigenvalue weighted by molar-refractivity contribution is 7.12. The van der Waals surface area contributed by atoms with E-state index < -0.39 is 5.97 Å². The van der Waals surface area contributed by atoms with E-state index in [2.05, 4.69) is 39.5 Å². The van der Waals surface area contributed by atoms with E-state index >= 15 is 0 Å². The number of rotatable bonds is 7. The molecule has 0 aromatic carbocycles. The quantitative estimate of drug-likeness (QED) is 0.784. The summed E-state index contributed by atoms with van der Waals surface area (Å²) in [6, 6.07) is 0. The summed E-state index contributed by atoms with van der Waals surface area (Å²) in [5.41, 5.74) is 0.904. The first-order valence-corrected chi connectivity index (χ1v) is 8.23. The molecule has 0 unspecified atom stereocenters. The first kappa shape index (κ1) is 17.9. The van der Waals surface area contributed by atoms with Crippen LogP contribution in [0.25, 0.3) is 6.08 Å². The summed E-state index contributed by atoms with van der Waals surface area (Å²) in [7, 11) is 0. The van der Waals surface area contributed by atoms with Crippen molar-refractivity contribution in [2.45, 2.75) is 46.5 Å². The Balaban J connectivity index is 2.95. The number of nitrogens with zero attached hydrogens (tertiary/aromatic N) is 2. The standard InChI is InChI=1S/C16H26N2O2S/c1-6-18(7-2)11-10-13-17-15(16(3,4)5)12(21-13)8-9-14(19)20/h8-9H,6-7,10-11H2,1-5H3,(H,19,20)/b9-8+. The lowest BCUT2D eigenvalue weighted by Crippen LogP contribution is -2.25. The predicted molar refractivity (Wildman–Crippen MR) is 89.0 cm³/mol. The summed E-state index contributed by atoms with van der Waals surface area (Å²) in [6.07, 6.45) is 3.77. The number of carboxylic acid groups (broad SMARTS) is 1. The van der Waals surface area contributed by atoms with Gasteiger partial charge in [0.25, 0.3) is 0 Å². The zero-order valence-electron chi connectivity index (χ0n) is 13.6. The van der Waals surface area contributed by atoms with Crippen molar-refractivity contribution in [3.05, 3.63) is 21.7 Å². The van der Waals surface area contributed by atoms with Crippen molar-refractivity contribution in [2.75, 3.05) is 19.6 Å². The topological polar surface area (TPSA) is 53.4 Å².